The molecule has 39 heteroatoms. The SMILES string of the molecule is PP(P)P(P(P)P)P(P(P)P)P(P(P(P)P)P(P)P)P(P(P(P)P)P(P)P)P(P(P)P)P(P)P.c1ccc(-c2cccc(-c3ccc4oc5cccc(-c6ccc7oc8cccc(-c9nc(-c%10ccccc%10)nc(-c%10cccc(-c%11ccccc%11)c%10)n9)c8c7c6)c5c4c3)c2)cc1. The zero-order chi connectivity index (χ0) is 68.2. The van der Waals surface area contributed by atoms with E-state index in [1.165, 1.54) is 11.1 Å². The van der Waals surface area contributed by atoms with E-state index >= 15 is 0 Å². The number of hydrogen-bond acceptors (Lipinski definition) is 5. The van der Waals surface area contributed by atoms with E-state index in [0.717, 1.165) is 93.9 Å². The maximum absolute atomic E-state index is 6.56. The van der Waals surface area contributed by atoms with E-state index < -0.39 is 0 Å². The maximum Gasteiger partial charge on any atom is 0.164 e. The zero-order valence-electron chi connectivity index (χ0n) is 50.9. The minimum atomic E-state index is -0.103. The molecule has 0 spiro atoms. The van der Waals surface area contributed by atoms with Crippen molar-refractivity contribution in [1.29, 1.82) is 0 Å². The normalized spacial score (nSPS) is 13.1. The van der Waals surface area contributed by atoms with Crippen molar-refractivity contribution in [2.45, 2.75) is 0 Å². The topological polar surface area (TPSA) is 65.0 Å². The number of nitrogens with zero attached hydrogens (tertiary/aromatic N) is 3. The van der Waals surface area contributed by atoms with Crippen LogP contribution in [0.1, 0.15) is 0 Å². The number of benzene rings is 9. The van der Waals surface area contributed by atoms with Gasteiger partial charge in [0.25, 0.3) is 0 Å². The van der Waals surface area contributed by atoms with Gasteiger partial charge >= 0.3 is 0 Å². The summed E-state index contributed by atoms with van der Waals surface area (Å²) in [7, 11) is 60.0. The van der Waals surface area contributed by atoms with Gasteiger partial charge in [-0.1, -0.05) is 164 Å². The van der Waals surface area contributed by atoms with Gasteiger partial charge in [0.1, 0.15) is 22.3 Å². The van der Waals surface area contributed by atoms with Crippen LogP contribution >= 0.6 is 273 Å². The van der Waals surface area contributed by atoms with Crippen LogP contribution in [0.3, 0.4) is 0 Å². The molecule has 12 aromatic rings. The fourth-order valence-electron chi connectivity index (χ4n) is 10.6. The van der Waals surface area contributed by atoms with Gasteiger partial charge in [0, 0.05) is 38.2 Å². The summed E-state index contributed by atoms with van der Waals surface area (Å²) in [4.78, 5) is 15.4. The number of hydrogen-bond donors (Lipinski definition) is 0. The summed E-state index contributed by atoms with van der Waals surface area (Å²) in [5, 5.41) is 4.07. The van der Waals surface area contributed by atoms with Crippen LogP contribution in [0, 0.1) is 0 Å². The average molecular weight is 1880 g/mol. The van der Waals surface area contributed by atoms with E-state index in [1.807, 2.05) is 48.5 Å². The van der Waals surface area contributed by atoms with Crippen LogP contribution in [0.5, 0.6) is 0 Å². The van der Waals surface area contributed by atoms with Crippen molar-refractivity contribution in [3.63, 3.8) is 0 Å². The molecule has 0 saturated carbocycles. The van der Waals surface area contributed by atoms with Crippen molar-refractivity contribution in [2.75, 3.05) is 0 Å². The molecule has 496 valence electrons. The molecule has 0 aliphatic carbocycles. The molecule has 5 nitrogen and oxygen atoms in total. The number of furan rings is 2. The summed E-state index contributed by atoms with van der Waals surface area (Å²) >= 11 is 0. The van der Waals surface area contributed by atoms with Crippen molar-refractivity contribution in [3.8, 4) is 78.7 Å². The van der Waals surface area contributed by atoms with Gasteiger partial charge in [0.05, 0.1) is 0 Å². The minimum absolute atomic E-state index is 0.000249. The van der Waals surface area contributed by atoms with Crippen molar-refractivity contribution < 1.29 is 8.83 Å². The molecule has 9 aromatic carbocycles. The predicted molar refractivity (Wildman–Crippen MR) is 538 cm³/mol. The lowest BCUT2D eigenvalue weighted by Gasteiger charge is -2.54. The van der Waals surface area contributed by atoms with Gasteiger partial charge in [-0.15, -0.1) is 161 Å². The fourth-order valence-corrected chi connectivity index (χ4v) is 471. The molecule has 0 amide bonds. The lowest BCUT2D eigenvalue weighted by molar-refractivity contribution is 0.669. The van der Waals surface area contributed by atoms with Gasteiger partial charge in [-0.3, -0.25) is 0 Å². The highest BCUT2D eigenvalue weighted by atomic mass is 33.5. The highest BCUT2D eigenvalue weighted by Gasteiger charge is 2.52. The smallest absolute Gasteiger partial charge is 0.164 e. The summed E-state index contributed by atoms with van der Waals surface area (Å²) in [5.74, 6) is 1.78. The third-order valence-corrected chi connectivity index (χ3v) is 240. The Hall–Kier alpha value is 6.21. The minimum Gasteiger partial charge on any atom is -0.456 e. The standard InChI is InChI=1S/C57H35N3O2.H36P34/c1-4-14-36(15-5-1)39-20-10-22-41(32-39)42-28-30-49-47(34-42)53-45(24-12-26-51(53)61-49)43-29-31-50-48(35-43)54-46(25-13-27-52(54)62-50)57-59-55(38-18-8-3-9-19-38)58-56(60-57)44-23-11-21-40(33-44)37-16-6-2-7-17-37;1-19(2)28(20(3)4)32(27(17)18)34(31(25(13)14)26(15)16)33(29(21(5)6)22(7)8)30(23(9)10)24(11)12/h1-35H;1-18H2. The van der Waals surface area contributed by atoms with Crippen LogP contribution in [0.4, 0.5) is 0 Å². The summed E-state index contributed by atoms with van der Waals surface area (Å²) in [6.45, 7) is -0.772. The molecule has 3 heterocycles. The molecule has 0 saturated heterocycles. The Morgan fingerprint density at radius 2 is 0.510 bits per heavy atom. The van der Waals surface area contributed by atoms with E-state index in [-0.39, 0.29) is 112 Å². The first-order valence-electron chi connectivity index (χ1n) is 28.4. The molecule has 0 radical (unpaired) electrons. The monoisotopic (exact) mass is 1880 g/mol. The summed E-state index contributed by atoms with van der Waals surface area (Å²) in [6, 6.07) is 73.4. The number of fused-ring (bicyclic) bond motifs is 6. The third kappa shape index (κ3) is 20.3. The van der Waals surface area contributed by atoms with Gasteiger partial charge in [-0.25, -0.2) is 15.0 Å². The largest absolute Gasteiger partial charge is 0.456 e. The van der Waals surface area contributed by atoms with Gasteiger partial charge in [-0.2, -0.15) is 0 Å². The highest BCUT2D eigenvalue weighted by molar-refractivity contribution is 9.46. The molecule has 12 rings (SSSR count). The molecule has 3 aromatic heterocycles. The Labute approximate surface area is 624 Å². The van der Waals surface area contributed by atoms with E-state index in [9.17, 15) is 0 Å². The van der Waals surface area contributed by atoms with Gasteiger partial charge in [0.15, 0.2) is 17.5 Å². The lowest BCUT2D eigenvalue weighted by Crippen LogP contribution is -2.00. The van der Waals surface area contributed by atoms with Crippen molar-refractivity contribution in [3.05, 3.63) is 212 Å². The van der Waals surface area contributed by atoms with Crippen LogP contribution < -0.4 is 0 Å². The second-order valence-electron chi connectivity index (χ2n) is 20.8. The van der Waals surface area contributed by atoms with Crippen molar-refractivity contribution >= 4 is 316 Å². The second-order valence-corrected chi connectivity index (χ2v) is 159. The summed E-state index contributed by atoms with van der Waals surface area (Å²) in [6.07, 6.45) is 0. The Bertz CT molecular complexity index is 4560. The third-order valence-electron chi connectivity index (χ3n) is 14.6. The summed E-state index contributed by atoms with van der Waals surface area (Å²) in [5.41, 5.74) is 14.9. The van der Waals surface area contributed by atoms with E-state index in [1.54, 1.807) is 0 Å². The molecular weight excluding hydrogens is 1810 g/mol. The quantitative estimate of drug-likeness (QED) is 0.0633. The highest BCUT2D eigenvalue weighted by Crippen LogP contribution is 3.40. The average Bonchev–Trinajstić information content (AvgIpc) is 1.58. The summed E-state index contributed by atoms with van der Waals surface area (Å²) < 4.78 is 13.1. The Morgan fingerprint density at radius 1 is 0.208 bits per heavy atom. The van der Waals surface area contributed by atoms with Crippen LogP contribution in [-0.4, -0.2) is 15.0 Å². The lowest BCUT2D eigenvalue weighted by atomic mass is 9.95. The molecule has 96 heavy (non-hydrogen) atoms. The predicted octanol–water partition coefficient (Wildman–Crippen LogP) is 35.0. The van der Waals surface area contributed by atoms with Crippen molar-refractivity contribution in [1.82, 2.24) is 15.0 Å². The molecule has 20 unspecified atom stereocenters. The molecule has 0 N–H and O–H groups in total. The van der Waals surface area contributed by atoms with Crippen LogP contribution in [0.15, 0.2) is 221 Å². The first-order valence-corrected chi connectivity index (χ1v) is 89.6. The Kier molecular flexibility index (Phi) is 34.3. The van der Waals surface area contributed by atoms with Crippen LogP contribution in [-0.2, 0) is 0 Å². The van der Waals surface area contributed by atoms with Gasteiger partial charge in [-0.05, 0) is 205 Å². The zero-order valence-corrected chi connectivity index (χ0v) is 86.0. The molecule has 20 atom stereocenters. The maximum atomic E-state index is 6.56. The van der Waals surface area contributed by atoms with E-state index in [4.69, 9.17) is 23.8 Å². The van der Waals surface area contributed by atoms with Crippen molar-refractivity contribution in [2.24, 2.45) is 0 Å². The van der Waals surface area contributed by atoms with Crippen LogP contribution in [0.2, 0.25) is 0 Å². The fraction of sp³-hybridized carbons (Fsp3) is 0. The molecule has 0 aliphatic rings. The van der Waals surface area contributed by atoms with Crippen LogP contribution in [0.25, 0.3) is 123 Å². The first kappa shape index (κ1) is 83.2. The molecule has 0 fully saturated rings. The first-order chi connectivity index (χ1) is 46.1. The molecule has 0 bridgehead atoms. The second kappa shape index (κ2) is 39.6. The van der Waals surface area contributed by atoms with E-state index in [0.29, 0.717) is 17.5 Å². The number of aromatic nitrogens is 3. The number of rotatable bonds is 22. The van der Waals surface area contributed by atoms with Gasteiger partial charge in [0.2, 0.25) is 0 Å². The van der Waals surface area contributed by atoms with Gasteiger partial charge < -0.3 is 8.83 Å². The van der Waals surface area contributed by atoms with E-state index in [2.05, 4.69) is 325 Å². The Balaban J connectivity index is 0.000000237. The molecular formula is C57H71N3O2P34. The Morgan fingerprint density at radius 3 is 0.958 bits per heavy atom. The molecule has 0 aliphatic heterocycles.